The standard InChI is InChI=1S/C25H25ClN4O5/c1-14(22(32)33)15(2)30-24(34)28-23(29(25(30)35)13-16-6-8-18(26)9-7-16)27-19-10-11-20-17(12-19)4-3-5-21(20)31/h3-12,14-15,17,20,31H,13H2,1-2H3,(H,32,33)(H,27,28,34)/t14-,15+,17?,20?/m1/s1. The maximum atomic E-state index is 13.5. The van der Waals surface area contributed by atoms with Gasteiger partial charge in [0.2, 0.25) is 5.95 Å². The number of hydrogen-bond donors (Lipinski definition) is 3. The minimum Gasteiger partial charge on any atom is -0.512 e. The molecule has 0 radical (unpaired) electrons. The summed E-state index contributed by atoms with van der Waals surface area (Å²) in [4.78, 5) is 42.0. The van der Waals surface area contributed by atoms with Gasteiger partial charge in [-0.3, -0.25) is 9.36 Å². The number of aromatic nitrogens is 3. The molecule has 2 unspecified atom stereocenters. The molecule has 9 nitrogen and oxygen atoms in total. The first-order valence-electron chi connectivity index (χ1n) is 11.1. The zero-order valence-electron chi connectivity index (χ0n) is 19.1. The van der Waals surface area contributed by atoms with Crippen LogP contribution in [0.5, 0.6) is 0 Å². The fourth-order valence-corrected chi connectivity index (χ4v) is 4.20. The Balaban J connectivity index is 1.76. The summed E-state index contributed by atoms with van der Waals surface area (Å²) >= 11 is 5.99. The van der Waals surface area contributed by atoms with Crippen LogP contribution >= 0.6 is 11.6 Å². The lowest BCUT2D eigenvalue weighted by Crippen LogP contribution is -2.46. The number of nitrogens with zero attached hydrogens (tertiary/aromatic N) is 3. The zero-order chi connectivity index (χ0) is 25.3. The molecule has 1 heterocycles. The van der Waals surface area contributed by atoms with Crippen LogP contribution in [0.15, 0.2) is 81.8 Å². The van der Waals surface area contributed by atoms with Crippen molar-refractivity contribution in [2.24, 2.45) is 17.8 Å². The van der Waals surface area contributed by atoms with Crippen LogP contribution in [0.25, 0.3) is 0 Å². The average Bonchev–Trinajstić information content (AvgIpc) is 2.82. The van der Waals surface area contributed by atoms with E-state index < -0.39 is 29.3 Å². The van der Waals surface area contributed by atoms with E-state index in [0.29, 0.717) is 10.7 Å². The molecule has 4 rings (SSSR count). The van der Waals surface area contributed by atoms with Crippen LogP contribution in [-0.2, 0) is 11.3 Å². The number of halogens is 1. The van der Waals surface area contributed by atoms with Crippen LogP contribution in [0.2, 0.25) is 5.02 Å². The van der Waals surface area contributed by atoms with Crippen LogP contribution in [0.3, 0.4) is 0 Å². The second-order valence-electron chi connectivity index (χ2n) is 8.64. The highest BCUT2D eigenvalue weighted by Gasteiger charge is 2.27. The highest BCUT2D eigenvalue weighted by Crippen LogP contribution is 2.32. The molecule has 182 valence electrons. The highest BCUT2D eigenvalue weighted by atomic mass is 35.5. The predicted octanol–water partition coefficient (Wildman–Crippen LogP) is 3.50. The summed E-state index contributed by atoms with van der Waals surface area (Å²) in [6.45, 7) is 3.02. The predicted molar refractivity (Wildman–Crippen MR) is 132 cm³/mol. The fourth-order valence-electron chi connectivity index (χ4n) is 4.08. The minimum absolute atomic E-state index is 0.0234. The molecule has 3 N–H and O–H groups in total. The van der Waals surface area contributed by atoms with E-state index in [1.165, 1.54) is 18.4 Å². The number of benzene rings is 1. The number of nitrogens with one attached hydrogen (secondary N) is 1. The summed E-state index contributed by atoms with van der Waals surface area (Å²) in [7, 11) is 0. The Morgan fingerprint density at radius 2 is 1.91 bits per heavy atom. The van der Waals surface area contributed by atoms with E-state index in [0.717, 1.165) is 10.1 Å². The summed E-state index contributed by atoms with van der Waals surface area (Å²) in [6.07, 6.45) is 10.8. The number of rotatable bonds is 7. The molecule has 1 aromatic heterocycles. The molecule has 0 saturated carbocycles. The topological polar surface area (TPSA) is 126 Å². The Hall–Kier alpha value is -3.85. The van der Waals surface area contributed by atoms with Gasteiger partial charge in [-0.2, -0.15) is 4.98 Å². The largest absolute Gasteiger partial charge is 0.512 e. The normalized spacial score (nSPS) is 20.4. The van der Waals surface area contributed by atoms with Crippen LogP contribution in [0.1, 0.15) is 25.5 Å². The monoisotopic (exact) mass is 496 g/mol. The first-order chi connectivity index (χ1) is 16.7. The second-order valence-corrected chi connectivity index (χ2v) is 9.07. The van der Waals surface area contributed by atoms with E-state index in [9.17, 15) is 24.6 Å². The third-order valence-corrected chi connectivity index (χ3v) is 6.59. The maximum absolute atomic E-state index is 13.5. The van der Waals surface area contributed by atoms with Crippen molar-refractivity contribution in [2.45, 2.75) is 26.4 Å². The lowest BCUT2D eigenvalue weighted by Gasteiger charge is -2.26. The van der Waals surface area contributed by atoms with Crippen molar-refractivity contribution >= 4 is 23.5 Å². The molecule has 0 amide bonds. The van der Waals surface area contributed by atoms with Gasteiger partial charge in [0, 0.05) is 22.6 Å². The van der Waals surface area contributed by atoms with Crippen molar-refractivity contribution in [1.29, 1.82) is 0 Å². The van der Waals surface area contributed by atoms with Gasteiger partial charge in [-0.1, -0.05) is 48.0 Å². The summed E-state index contributed by atoms with van der Waals surface area (Å²) in [5.41, 5.74) is -0.184. The Morgan fingerprint density at radius 3 is 2.60 bits per heavy atom. The van der Waals surface area contributed by atoms with E-state index in [1.807, 2.05) is 18.2 Å². The summed E-state index contributed by atoms with van der Waals surface area (Å²) in [6, 6.07) is 5.97. The number of allylic oxidation sites excluding steroid dienone is 6. The van der Waals surface area contributed by atoms with Crippen LogP contribution in [0.4, 0.5) is 5.95 Å². The lowest BCUT2D eigenvalue weighted by molar-refractivity contribution is -0.142. The molecule has 0 fully saturated rings. The zero-order valence-corrected chi connectivity index (χ0v) is 19.9. The van der Waals surface area contributed by atoms with Crippen molar-refractivity contribution in [3.8, 4) is 0 Å². The summed E-state index contributed by atoms with van der Waals surface area (Å²) in [5, 5.41) is 23.1. The Kier molecular flexibility index (Phi) is 6.79. The Labute approximate surface area is 206 Å². The van der Waals surface area contributed by atoms with Gasteiger partial charge in [-0.15, -0.1) is 0 Å². The molecule has 0 saturated heterocycles. The number of fused-ring (bicyclic) bond motifs is 1. The molecule has 0 aliphatic heterocycles. The SMILES string of the molecule is C[C@@H](C(=O)O)[C@H](C)n1c(=O)nc(NC2=CC3C=CC=C(O)C3C=C2)n(Cc2ccc(Cl)cc2)c1=O. The van der Waals surface area contributed by atoms with Crippen LogP contribution in [-0.4, -0.2) is 30.3 Å². The van der Waals surface area contributed by atoms with E-state index >= 15 is 0 Å². The number of anilines is 1. The van der Waals surface area contributed by atoms with Gasteiger partial charge in [0.1, 0.15) is 0 Å². The number of hydrogen-bond acceptors (Lipinski definition) is 6. The van der Waals surface area contributed by atoms with Gasteiger partial charge >= 0.3 is 17.3 Å². The number of carboxylic acids is 1. The van der Waals surface area contributed by atoms with Crippen LogP contribution in [0, 0.1) is 17.8 Å². The molecule has 2 aromatic rings. The number of carboxylic acid groups (broad SMARTS) is 1. The van der Waals surface area contributed by atoms with Gasteiger partial charge in [0.15, 0.2) is 0 Å². The van der Waals surface area contributed by atoms with E-state index in [-0.39, 0.29) is 30.1 Å². The van der Waals surface area contributed by atoms with Crippen LogP contribution < -0.4 is 16.7 Å². The van der Waals surface area contributed by atoms with Crippen molar-refractivity contribution in [3.63, 3.8) is 0 Å². The Morgan fingerprint density at radius 1 is 1.20 bits per heavy atom. The molecule has 4 atom stereocenters. The van der Waals surface area contributed by atoms with Gasteiger partial charge in [-0.25, -0.2) is 14.2 Å². The summed E-state index contributed by atoms with van der Waals surface area (Å²) in [5.74, 6) is -2.10. The van der Waals surface area contributed by atoms with E-state index in [2.05, 4.69) is 10.3 Å². The Bertz CT molecular complexity index is 1380. The van der Waals surface area contributed by atoms with Crippen molar-refractivity contribution < 1.29 is 15.0 Å². The first kappa shape index (κ1) is 24.3. The van der Waals surface area contributed by atoms with Crippen molar-refractivity contribution in [2.75, 3.05) is 5.32 Å². The highest BCUT2D eigenvalue weighted by molar-refractivity contribution is 6.30. The first-order valence-corrected chi connectivity index (χ1v) is 11.5. The third-order valence-electron chi connectivity index (χ3n) is 6.34. The number of aliphatic carboxylic acids is 1. The molecule has 1 aromatic carbocycles. The van der Waals surface area contributed by atoms with Gasteiger partial charge in [-0.05, 0) is 43.7 Å². The second kappa shape index (κ2) is 9.79. The summed E-state index contributed by atoms with van der Waals surface area (Å²) < 4.78 is 2.16. The molecule has 0 bridgehead atoms. The van der Waals surface area contributed by atoms with Gasteiger partial charge < -0.3 is 15.5 Å². The molecular weight excluding hydrogens is 472 g/mol. The minimum atomic E-state index is -1.12. The number of aliphatic hydroxyl groups excluding tert-OH is 1. The van der Waals surface area contributed by atoms with E-state index in [4.69, 9.17) is 11.6 Å². The molecule has 2 aliphatic carbocycles. The molecule has 2 aliphatic rings. The average molecular weight is 497 g/mol. The molecule has 10 heteroatoms. The lowest BCUT2D eigenvalue weighted by atomic mass is 9.83. The smallest absolute Gasteiger partial charge is 0.355 e. The van der Waals surface area contributed by atoms with Gasteiger partial charge in [0.05, 0.1) is 24.3 Å². The van der Waals surface area contributed by atoms with Gasteiger partial charge in [0.25, 0.3) is 0 Å². The molecular formula is C25H25ClN4O5. The number of aliphatic hydroxyl groups is 1. The maximum Gasteiger partial charge on any atom is 0.355 e. The van der Waals surface area contributed by atoms with Crippen molar-refractivity contribution in [1.82, 2.24) is 14.1 Å². The van der Waals surface area contributed by atoms with Crippen molar-refractivity contribution in [3.05, 3.63) is 104 Å². The van der Waals surface area contributed by atoms with E-state index in [1.54, 1.807) is 42.5 Å². The third kappa shape index (κ3) is 5.00. The molecule has 0 spiro atoms. The molecule has 35 heavy (non-hydrogen) atoms. The fraction of sp³-hybridized carbons (Fsp3) is 0.280. The quantitative estimate of drug-likeness (QED) is 0.535. The number of carbonyl (C=O) groups is 1.